The first-order valence-electron chi connectivity index (χ1n) is 7.27. The van der Waals surface area contributed by atoms with Crippen LogP contribution in [0.15, 0.2) is 42.5 Å². The van der Waals surface area contributed by atoms with Gasteiger partial charge in [0.25, 0.3) is 0 Å². The van der Waals surface area contributed by atoms with E-state index in [-0.39, 0.29) is 0 Å². The number of hydrogen-bond acceptors (Lipinski definition) is 2. The molecule has 0 bridgehead atoms. The van der Waals surface area contributed by atoms with Crippen molar-refractivity contribution in [3.05, 3.63) is 70.3 Å². The highest BCUT2D eigenvalue weighted by atomic mass is 15.2. The van der Waals surface area contributed by atoms with E-state index in [4.69, 9.17) is 5.73 Å². The van der Waals surface area contributed by atoms with E-state index in [0.717, 1.165) is 13.1 Å². The SMILES string of the molecule is Cc1cccc(C)c1C(CN)N1Cc2ccccc2C1. The summed E-state index contributed by atoms with van der Waals surface area (Å²) in [5.41, 5.74) is 13.1. The van der Waals surface area contributed by atoms with Gasteiger partial charge in [-0.15, -0.1) is 0 Å². The van der Waals surface area contributed by atoms with Gasteiger partial charge < -0.3 is 5.73 Å². The molecule has 20 heavy (non-hydrogen) atoms. The highest BCUT2D eigenvalue weighted by Crippen LogP contribution is 2.33. The summed E-state index contributed by atoms with van der Waals surface area (Å²) in [5, 5.41) is 0. The van der Waals surface area contributed by atoms with Crippen molar-refractivity contribution in [2.75, 3.05) is 6.54 Å². The van der Waals surface area contributed by atoms with Gasteiger partial charge in [0.2, 0.25) is 0 Å². The zero-order chi connectivity index (χ0) is 14.1. The molecule has 104 valence electrons. The van der Waals surface area contributed by atoms with Crippen LogP contribution in [0.5, 0.6) is 0 Å². The molecule has 2 N–H and O–H groups in total. The topological polar surface area (TPSA) is 29.3 Å². The summed E-state index contributed by atoms with van der Waals surface area (Å²) >= 11 is 0. The molecule has 1 atom stereocenters. The van der Waals surface area contributed by atoms with Crippen molar-refractivity contribution in [3.63, 3.8) is 0 Å². The molecule has 2 heteroatoms. The van der Waals surface area contributed by atoms with E-state index in [1.165, 1.54) is 27.8 Å². The first-order chi connectivity index (χ1) is 9.70. The van der Waals surface area contributed by atoms with Crippen molar-refractivity contribution >= 4 is 0 Å². The predicted molar refractivity (Wildman–Crippen MR) is 83.4 cm³/mol. The summed E-state index contributed by atoms with van der Waals surface area (Å²) in [5.74, 6) is 0. The van der Waals surface area contributed by atoms with Gasteiger partial charge >= 0.3 is 0 Å². The summed E-state index contributed by atoms with van der Waals surface area (Å²) in [6, 6.07) is 15.5. The van der Waals surface area contributed by atoms with Crippen molar-refractivity contribution in [2.45, 2.75) is 33.0 Å². The summed E-state index contributed by atoms with van der Waals surface area (Å²) < 4.78 is 0. The summed E-state index contributed by atoms with van der Waals surface area (Å²) in [6.07, 6.45) is 0. The van der Waals surface area contributed by atoms with E-state index in [2.05, 4.69) is 61.2 Å². The number of aryl methyl sites for hydroxylation is 2. The number of fused-ring (bicyclic) bond motifs is 1. The predicted octanol–water partition coefficient (Wildman–Crippen LogP) is 3.32. The molecule has 0 fully saturated rings. The summed E-state index contributed by atoms with van der Waals surface area (Å²) in [6.45, 7) is 7.06. The van der Waals surface area contributed by atoms with Crippen molar-refractivity contribution in [3.8, 4) is 0 Å². The molecule has 0 aliphatic carbocycles. The molecule has 2 nitrogen and oxygen atoms in total. The van der Waals surface area contributed by atoms with Crippen molar-refractivity contribution in [1.29, 1.82) is 0 Å². The summed E-state index contributed by atoms with van der Waals surface area (Å²) in [7, 11) is 0. The van der Waals surface area contributed by atoms with Gasteiger partial charge in [-0.05, 0) is 41.7 Å². The second-order valence-corrected chi connectivity index (χ2v) is 5.73. The third-order valence-corrected chi connectivity index (χ3v) is 4.40. The average Bonchev–Trinajstić information content (AvgIpc) is 2.86. The number of benzene rings is 2. The number of nitrogens with two attached hydrogens (primary N) is 1. The van der Waals surface area contributed by atoms with Crippen LogP contribution >= 0.6 is 0 Å². The van der Waals surface area contributed by atoms with E-state index < -0.39 is 0 Å². The van der Waals surface area contributed by atoms with Gasteiger partial charge in [0.15, 0.2) is 0 Å². The monoisotopic (exact) mass is 266 g/mol. The van der Waals surface area contributed by atoms with Gasteiger partial charge in [0, 0.05) is 25.7 Å². The van der Waals surface area contributed by atoms with Crippen LogP contribution in [0.1, 0.15) is 33.9 Å². The maximum Gasteiger partial charge on any atom is 0.0482 e. The second-order valence-electron chi connectivity index (χ2n) is 5.73. The van der Waals surface area contributed by atoms with Crippen molar-refractivity contribution < 1.29 is 0 Å². The molecule has 1 aliphatic rings. The van der Waals surface area contributed by atoms with Crippen LogP contribution in [-0.4, -0.2) is 11.4 Å². The Morgan fingerprint density at radius 3 is 2.00 bits per heavy atom. The minimum atomic E-state index is 0.309. The van der Waals surface area contributed by atoms with Crippen LogP contribution in [0.2, 0.25) is 0 Å². The standard InChI is InChI=1S/C18H22N2/c1-13-6-5-7-14(2)18(13)17(10-19)20-11-15-8-3-4-9-16(15)12-20/h3-9,17H,10-12,19H2,1-2H3. The van der Waals surface area contributed by atoms with Crippen molar-refractivity contribution in [2.24, 2.45) is 5.73 Å². The third kappa shape index (κ3) is 2.26. The molecule has 0 aromatic heterocycles. The van der Waals surface area contributed by atoms with Gasteiger partial charge in [-0.25, -0.2) is 0 Å². The molecule has 1 unspecified atom stereocenters. The van der Waals surface area contributed by atoms with Gasteiger partial charge in [-0.3, -0.25) is 4.90 Å². The zero-order valence-electron chi connectivity index (χ0n) is 12.3. The molecule has 2 aromatic rings. The van der Waals surface area contributed by atoms with E-state index in [1.807, 2.05) is 0 Å². The molecule has 3 rings (SSSR count). The third-order valence-electron chi connectivity index (χ3n) is 4.40. The number of rotatable bonds is 3. The average molecular weight is 266 g/mol. The fourth-order valence-electron chi connectivity index (χ4n) is 3.38. The number of hydrogen-bond donors (Lipinski definition) is 1. The molecular formula is C18H22N2. The maximum absolute atomic E-state index is 6.12. The van der Waals surface area contributed by atoms with Crippen LogP contribution < -0.4 is 5.73 Å². The lowest BCUT2D eigenvalue weighted by Crippen LogP contribution is -2.30. The van der Waals surface area contributed by atoms with Crippen LogP contribution in [0.25, 0.3) is 0 Å². The van der Waals surface area contributed by atoms with E-state index in [9.17, 15) is 0 Å². The van der Waals surface area contributed by atoms with Crippen molar-refractivity contribution in [1.82, 2.24) is 4.90 Å². The minimum Gasteiger partial charge on any atom is -0.329 e. The van der Waals surface area contributed by atoms with Gasteiger partial charge in [-0.2, -0.15) is 0 Å². The lowest BCUT2D eigenvalue weighted by atomic mass is 9.95. The van der Waals surface area contributed by atoms with E-state index >= 15 is 0 Å². The fourth-order valence-corrected chi connectivity index (χ4v) is 3.38. The Morgan fingerprint density at radius 2 is 1.50 bits per heavy atom. The Bertz CT molecular complexity index is 573. The number of nitrogens with zero attached hydrogens (tertiary/aromatic N) is 1. The molecule has 0 saturated heterocycles. The fraction of sp³-hybridized carbons (Fsp3) is 0.333. The van der Waals surface area contributed by atoms with Gasteiger partial charge in [0.1, 0.15) is 0 Å². The maximum atomic E-state index is 6.12. The zero-order valence-corrected chi connectivity index (χ0v) is 12.3. The Hall–Kier alpha value is -1.64. The molecule has 0 amide bonds. The normalized spacial score (nSPS) is 16.1. The Morgan fingerprint density at radius 1 is 0.950 bits per heavy atom. The quantitative estimate of drug-likeness (QED) is 0.923. The van der Waals surface area contributed by atoms with Crippen LogP contribution in [0, 0.1) is 13.8 Å². The highest BCUT2D eigenvalue weighted by Gasteiger charge is 2.27. The van der Waals surface area contributed by atoms with Crippen LogP contribution in [0.3, 0.4) is 0 Å². The molecule has 0 saturated carbocycles. The van der Waals surface area contributed by atoms with E-state index in [0.29, 0.717) is 12.6 Å². The largest absolute Gasteiger partial charge is 0.329 e. The lowest BCUT2D eigenvalue weighted by molar-refractivity contribution is 0.204. The van der Waals surface area contributed by atoms with Gasteiger partial charge in [0.05, 0.1) is 0 Å². The second kappa shape index (κ2) is 5.39. The smallest absolute Gasteiger partial charge is 0.0482 e. The minimum absolute atomic E-state index is 0.309. The Kier molecular flexibility index (Phi) is 3.60. The molecule has 1 heterocycles. The molecule has 2 aromatic carbocycles. The van der Waals surface area contributed by atoms with E-state index in [1.54, 1.807) is 0 Å². The first-order valence-corrected chi connectivity index (χ1v) is 7.27. The molecule has 0 spiro atoms. The Balaban J connectivity index is 1.93. The molecule has 1 aliphatic heterocycles. The van der Waals surface area contributed by atoms with Crippen LogP contribution in [-0.2, 0) is 13.1 Å². The Labute approximate surface area is 121 Å². The molecule has 0 radical (unpaired) electrons. The first kappa shape index (κ1) is 13.3. The van der Waals surface area contributed by atoms with Crippen LogP contribution in [0.4, 0.5) is 0 Å². The lowest BCUT2D eigenvalue weighted by Gasteiger charge is -2.29. The van der Waals surface area contributed by atoms with Gasteiger partial charge in [-0.1, -0.05) is 42.5 Å². The molecular weight excluding hydrogens is 244 g/mol. The highest BCUT2D eigenvalue weighted by molar-refractivity contribution is 5.38. The summed E-state index contributed by atoms with van der Waals surface area (Å²) in [4.78, 5) is 2.50.